The Morgan fingerprint density at radius 1 is 1.04 bits per heavy atom. The predicted octanol–water partition coefficient (Wildman–Crippen LogP) is 4.13. The Hall–Kier alpha value is -5.96. The van der Waals surface area contributed by atoms with Crippen molar-refractivity contribution < 1.29 is 47.6 Å². The lowest BCUT2D eigenvalue weighted by Gasteiger charge is -2.21. The fourth-order valence-corrected chi connectivity index (χ4v) is 5.54. The number of carboxylic acids is 2. The molecule has 2 aromatic heterocycles. The van der Waals surface area contributed by atoms with Crippen molar-refractivity contribution in [3.05, 3.63) is 102 Å². The number of nitro groups is 1. The molecule has 22 heteroatoms. The molecule has 5 rings (SSSR count). The zero-order valence-electron chi connectivity index (χ0n) is 28.7. The van der Waals surface area contributed by atoms with Gasteiger partial charge in [-0.1, -0.05) is 43.1 Å². The summed E-state index contributed by atoms with van der Waals surface area (Å²) < 4.78 is 30.4. The third kappa shape index (κ3) is 9.52. The summed E-state index contributed by atoms with van der Waals surface area (Å²) in [4.78, 5) is 65.0. The van der Waals surface area contributed by atoms with Crippen LogP contribution >= 0.6 is 23.2 Å². The number of amidine groups is 1. The van der Waals surface area contributed by atoms with Crippen LogP contribution in [0.1, 0.15) is 47.3 Å². The number of aromatic nitrogens is 3. The molecule has 0 radical (unpaired) electrons. The minimum atomic E-state index is -4.42. The van der Waals surface area contributed by atoms with Gasteiger partial charge in [0.15, 0.2) is 11.6 Å². The highest BCUT2D eigenvalue weighted by Crippen LogP contribution is 2.34. The van der Waals surface area contributed by atoms with E-state index in [2.05, 4.69) is 20.4 Å². The van der Waals surface area contributed by atoms with E-state index in [0.717, 1.165) is 12.1 Å². The molecule has 0 bridgehead atoms. The number of aromatic amines is 1. The van der Waals surface area contributed by atoms with Crippen LogP contribution in [0.5, 0.6) is 5.75 Å². The summed E-state index contributed by atoms with van der Waals surface area (Å²) in [7, 11) is -1.24. The number of aliphatic imine (C=N–C) groups is 1. The number of hydrogen-bond acceptors (Lipinski definition) is 13. The topological polar surface area (TPSA) is 296 Å². The average Bonchev–Trinajstić information content (AvgIpc) is 3.40. The van der Waals surface area contributed by atoms with E-state index in [1.807, 2.05) is 18.9 Å². The number of rotatable bonds is 8. The number of nitro benzene ring substituents is 1. The maximum Gasteiger partial charge on any atom is 0.360 e. The first-order valence-corrected chi connectivity index (χ1v) is 17.2. The Morgan fingerprint density at radius 2 is 1.69 bits per heavy atom. The SMILES string of the molecule is CC(C)C1(C)N=C(c2ncccc2C(=O)O)NC1=O.CN(C)c1ccc(S(=O)(=O)O)cc1[N+](=O)[O-].O=C(O)c1n[nH]c(=O)c(-c2ccc(Cl)cc2Cl)c1O. The molecule has 1 unspecified atom stereocenters. The fourth-order valence-electron chi connectivity index (χ4n) is 4.54. The molecule has 0 spiro atoms. The number of hydrogen-bond donors (Lipinski definition) is 6. The molecule has 286 valence electrons. The minimum Gasteiger partial charge on any atom is -0.505 e. The van der Waals surface area contributed by atoms with Crippen LogP contribution in [0.4, 0.5) is 11.4 Å². The molecule has 0 fully saturated rings. The molecule has 1 amide bonds. The van der Waals surface area contributed by atoms with Crippen LogP contribution in [0.3, 0.4) is 0 Å². The predicted molar refractivity (Wildman–Crippen MR) is 195 cm³/mol. The Kier molecular flexibility index (Phi) is 13.2. The second kappa shape index (κ2) is 16.8. The summed E-state index contributed by atoms with van der Waals surface area (Å²) in [6, 6.07) is 10.4. The van der Waals surface area contributed by atoms with Gasteiger partial charge in [0.05, 0.1) is 21.1 Å². The largest absolute Gasteiger partial charge is 0.505 e. The van der Waals surface area contributed by atoms with Crippen LogP contribution in [-0.2, 0) is 14.9 Å². The van der Waals surface area contributed by atoms with Gasteiger partial charge in [-0.3, -0.25) is 29.2 Å². The molecule has 3 heterocycles. The van der Waals surface area contributed by atoms with Crippen molar-refractivity contribution in [3.63, 3.8) is 0 Å². The number of carbonyl (C=O) groups is 3. The van der Waals surface area contributed by atoms with Crippen molar-refractivity contribution in [2.24, 2.45) is 10.9 Å². The Balaban J connectivity index is 0.000000219. The Labute approximate surface area is 315 Å². The van der Waals surface area contributed by atoms with Gasteiger partial charge in [-0.05, 0) is 49.2 Å². The molecular formula is C32H31Cl2N7O12S. The molecule has 2 aromatic carbocycles. The Bertz CT molecular complexity index is 2350. The van der Waals surface area contributed by atoms with Crippen molar-refractivity contribution in [1.82, 2.24) is 20.5 Å². The van der Waals surface area contributed by atoms with Crippen molar-refractivity contribution in [1.29, 1.82) is 0 Å². The second-order valence-corrected chi connectivity index (χ2v) is 14.0. The first kappa shape index (κ1) is 42.5. The molecule has 0 saturated heterocycles. The van der Waals surface area contributed by atoms with Crippen LogP contribution in [0, 0.1) is 16.0 Å². The van der Waals surface area contributed by atoms with E-state index in [9.17, 15) is 42.8 Å². The number of anilines is 1. The molecular weight excluding hydrogens is 777 g/mol. The minimum absolute atomic E-state index is 0.00184. The van der Waals surface area contributed by atoms with E-state index in [-0.39, 0.29) is 56.4 Å². The number of amides is 1. The Morgan fingerprint density at radius 3 is 2.19 bits per heavy atom. The highest BCUT2D eigenvalue weighted by Gasteiger charge is 2.43. The number of benzene rings is 2. The van der Waals surface area contributed by atoms with Gasteiger partial charge in [0.1, 0.15) is 21.8 Å². The van der Waals surface area contributed by atoms with Crippen LogP contribution in [0.15, 0.2) is 69.4 Å². The average molecular weight is 809 g/mol. The molecule has 4 aromatic rings. The van der Waals surface area contributed by atoms with E-state index >= 15 is 0 Å². The molecule has 1 aliphatic rings. The smallest absolute Gasteiger partial charge is 0.360 e. The standard InChI is InChI=1S/C13H15N3O3.C11H6Cl2N2O4.C8H10N2O5S/c1-7(2)13(3)12(19)15-10(16-13)9-8(11(17)18)5-4-6-14-9;12-4-1-2-5(6(13)3-4)7-9(16)8(11(18)19)14-15-10(7)17;1-9(2)7-4-3-6(16(13,14)15)5-8(7)10(11)12/h4-7H,1-3H3,(H,17,18)(H,15,16,19);1-3H,(H,18,19)(H2,15,16,17);3-5H,1-2H3,(H,13,14,15). The van der Waals surface area contributed by atoms with Crippen molar-refractivity contribution in [3.8, 4) is 16.9 Å². The van der Waals surface area contributed by atoms with Gasteiger partial charge in [-0.15, -0.1) is 0 Å². The zero-order valence-corrected chi connectivity index (χ0v) is 31.1. The van der Waals surface area contributed by atoms with Gasteiger partial charge in [-0.25, -0.2) is 19.7 Å². The molecule has 6 N–H and O–H groups in total. The molecule has 1 aliphatic heterocycles. The van der Waals surface area contributed by atoms with Gasteiger partial charge < -0.3 is 25.5 Å². The van der Waals surface area contributed by atoms with E-state index in [1.54, 1.807) is 21.0 Å². The first-order chi connectivity index (χ1) is 25.0. The number of aromatic carboxylic acids is 2. The van der Waals surface area contributed by atoms with Gasteiger partial charge in [0, 0.05) is 36.9 Å². The quantitative estimate of drug-likeness (QED) is 0.0829. The summed E-state index contributed by atoms with van der Waals surface area (Å²) in [5, 5.41) is 46.8. The maximum absolute atomic E-state index is 12.0. The third-order valence-electron chi connectivity index (χ3n) is 7.71. The lowest BCUT2D eigenvalue weighted by Crippen LogP contribution is -2.41. The number of H-pyrrole nitrogens is 1. The zero-order chi connectivity index (χ0) is 40.9. The number of carbonyl (C=O) groups excluding carboxylic acids is 1. The number of halogens is 2. The number of carboxylic acid groups (broad SMARTS) is 2. The maximum atomic E-state index is 12.0. The summed E-state index contributed by atoms with van der Waals surface area (Å²) in [6.45, 7) is 5.51. The van der Waals surface area contributed by atoms with Gasteiger partial charge in [-0.2, -0.15) is 13.5 Å². The summed E-state index contributed by atoms with van der Waals surface area (Å²) in [5.41, 5.74) is -2.32. The van der Waals surface area contributed by atoms with Crippen molar-refractivity contribution in [2.45, 2.75) is 31.2 Å². The van der Waals surface area contributed by atoms with Gasteiger partial charge in [0.2, 0.25) is 5.69 Å². The summed E-state index contributed by atoms with van der Waals surface area (Å²) in [6.07, 6.45) is 1.47. The van der Waals surface area contributed by atoms with Crippen molar-refractivity contribution in [2.75, 3.05) is 19.0 Å². The molecule has 19 nitrogen and oxygen atoms in total. The van der Waals surface area contributed by atoms with Crippen LogP contribution in [0.2, 0.25) is 10.0 Å². The summed E-state index contributed by atoms with van der Waals surface area (Å²) in [5.74, 6) is -3.33. The number of aromatic hydroxyl groups is 1. The van der Waals surface area contributed by atoms with E-state index in [4.69, 9.17) is 38.0 Å². The van der Waals surface area contributed by atoms with E-state index < -0.39 is 54.4 Å². The number of pyridine rings is 1. The van der Waals surface area contributed by atoms with E-state index in [0.29, 0.717) is 5.02 Å². The first-order valence-electron chi connectivity index (χ1n) is 15.0. The molecule has 54 heavy (non-hydrogen) atoms. The van der Waals surface area contributed by atoms with Crippen molar-refractivity contribution >= 4 is 68.4 Å². The van der Waals surface area contributed by atoms with Crippen LogP contribution in [-0.4, -0.2) is 91.7 Å². The van der Waals surface area contributed by atoms with Crippen LogP contribution < -0.4 is 15.8 Å². The van der Waals surface area contributed by atoms with Gasteiger partial charge in [0.25, 0.3) is 27.3 Å². The molecule has 0 aliphatic carbocycles. The normalized spacial score (nSPS) is 14.8. The third-order valence-corrected chi connectivity index (χ3v) is 9.10. The van der Waals surface area contributed by atoms with E-state index in [1.165, 1.54) is 47.5 Å². The fraction of sp³-hybridized carbons (Fsp3) is 0.219. The molecule has 1 atom stereocenters. The van der Waals surface area contributed by atoms with Crippen LogP contribution in [0.25, 0.3) is 11.1 Å². The number of nitrogens with zero attached hydrogens (tertiary/aromatic N) is 5. The highest BCUT2D eigenvalue weighted by molar-refractivity contribution is 7.85. The number of nitrogens with one attached hydrogen (secondary N) is 2. The van der Waals surface area contributed by atoms with Gasteiger partial charge >= 0.3 is 11.9 Å². The lowest BCUT2D eigenvalue weighted by atomic mass is 9.89. The summed E-state index contributed by atoms with van der Waals surface area (Å²) >= 11 is 11.7. The monoisotopic (exact) mass is 807 g/mol. The molecule has 0 saturated carbocycles. The highest BCUT2D eigenvalue weighted by atomic mass is 35.5. The lowest BCUT2D eigenvalue weighted by molar-refractivity contribution is -0.384. The second-order valence-electron chi connectivity index (χ2n) is 11.8.